The quantitative estimate of drug-likeness (QED) is 0.522. The zero-order chi connectivity index (χ0) is 14.0. The van der Waals surface area contributed by atoms with E-state index < -0.39 is 4.92 Å². The molecule has 0 amide bonds. The number of aromatic nitrogens is 2. The van der Waals surface area contributed by atoms with Crippen molar-refractivity contribution >= 4 is 21.9 Å². The Hall–Kier alpha value is -2.25. The number of hydrogen-bond acceptors (Lipinski definition) is 5. The van der Waals surface area contributed by atoms with E-state index in [1.807, 2.05) is 0 Å². The SMILES string of the molecule is C.C=C/C=C(\C(=C)[N+](=O)[O-])c1csc2nc(CO)cn12. The van der Waals surface area contributed by atoms with Crippen LogP contribution in [0.4, 0.5) is 0 Å². The average Bonchev–Trinajstić information content (AvgIpc) is 2.94. The van der Waals surface area contributed by atoms with E-state index in [0.29, 0.717) is 21.9 Å². The van der Waals surface area contributed by atoms with E-state index in [9.17, 15) is 10.1 Å². The Kier molecular flexibility index (Phi) is 4.95. The van der Waals surface area contributed by atoms with Gasteiger partial charge in [-0.3, -0.25) is 14.5 Å². The van der Waals surface area contributed by atoms with E-state index in [2.05, 4.69) is 18.1 Å². The molecule has 0 saturated heterocycles. The molecule has 0 aliphatic carbocycles. The number of aliphatic hydroxyl groups is 1. The Morgan fingerprint density at radius 3 is 2.90 bits per heavy atom. The molecule has 2 heterocycles. The largest absolute Gasteiger partial charge is 0.390 e. The maximum atomic E-state index is 10.9. The van der Waals surface area contributed by atoms with Crippen LogP contribution in [-0.4, -0.2) is 19.4 Å². The Morgan fingerprint density at radius 2 is 2.35 bits per heavy atom. The van der Waals surface area contributed by atoms with Crippen molar-refractivity contribution in [3.8, 4) is 0 Å². The zero-order valence-corrected chi connectivity index (χ0v) is 10.8. The van der Waals surface area contributed by atoms with Crippen molar-refractivity contribution in [3.63, 3.8) is 0 Å². The molecule has 0 atom stereocenters. The van der Waals surface area contributed by atoms with Gasteiger partial charge in [0.25, 0.3) is 5.70 Å². The molecule has 0 bridgehead atoms. The van der Waals surface area contributed by atoms with Gasteiger partial charge in [0.05, 0.1) is 28.5 Å². The molecule has 0 unspecified atom stereocenters. The first-order chi connectivity index (χ1) is 9.08. The summed E-state index contributed by atoms with van der Waals surface area (Å²) in [5.74, 6) is 0. The lowest BCUT2D eigenvalue weighted by atomic mass is 10.1. The van der Waals surface area contributed by atoms with Crippen LogP contribution in [0.25, 0.3) is 10.5 Å². The third kappa shape index (κ3) is 2.68. The van der Waals surface area contributed by atoms with Crippen LogP contribution in [0.15, 0.2) is 42.6 Å². The summed E-state index contributed by atoms with van der Waals surface area (Å²) in [5, 5.41) is 21.7. The molecule has 0 fully saturated rings. The number of allylic oxidation sites excluding steroid dienone is 3. The molecule has 0 saturated carbocycles. The number of fused-ring (bicyclic) bond motifs is 1. The van der Waals surface area contributed by atoms with E-state index in [4.69, 9.17) is 5.11 Å². The molecule has 0 radical (unpaired) electrons. The number of nitrogens with zero attached hydrogens (tertiary/aromatic N) is 3. The second kappa shape index (κ2) is 6.27. The molecule has 0 aliphatic heterocycles. The summed E-state index contributed by atoms with van der Waals surface area (Å²) < 4.78 is 1.69. The summed E-state index contributed by atoms with van der Waals surface area (Å²) in [7, 11) is 0. The maximum Gasteiger partial charge on any atom is 0.271 e. The third-order valence-electron chi connectivity index (χ3n) is 2.51. The second-order valence-electron chi connectivity index (χ2n) is 3.68. The van der Waals surface area contributed by atoms with Gasteiger partial charge in [-0.05, 0) is 12.7 Å². The molecule has 6 nitrogen and oxygen atoms in total. The van der Waals surface area contributed by atoms with Crippen molar-refractivity contribution in [2.75, 3.05) is 0 Å². The van der Waals surface area contributed by atoms with Gasteiger partial charge < -0.3 is 5.11 Å². The first-order valence-electron chi connectivity index (χ1n) is 5.31. The number of hydrogen-bond donors (Lipinski definition) is 1. The molecule has 1 N–H and O–H groups in total. The van der Waals surface area contributed by atoms with E-state index in [-0.39, 0.29) is 19.7 Å². The van der Waals surface area contributed by atoms with Gasteiger partial charge in [-0.25, -0.2) is 4.98 Å². The van der Waals surface area contributed by atoms with Crippen LogP contribution in [0.5, 0.6) is 0 Å². The fourth-order valence-electron chi connectivity index (χ4n) is 1.65. The van der Waals surface area contributed by atoms with E-state index >= 15 is 0 Å². The molecular weight excluding hydrogens is 278 g/mol. The highest BCUT2D eigenvalue weighted by molar-refractivity contribution is 7.15. The fourth-order valence-corrected chi connectivity index (χ4v) is 2.54. The molecule has 106 valence electrons. The minimum atomic E-state index is -0.539. The predicted octanol–water partition coefficient (Wildman–Crippen LogP) is 2.88. The lowest BCUT2D eigenvalue weighted by molar-refractivity contribution is -0.416. The van der Waals surface area contributed by atoms with Crippen molar-refractivity contribution in [1.29, 1.82) is 0 Å². The highest BCUT2D eigenvalue weighted by Gasteiger charge is 2.20. The van der Waals surface area contributed by atoms with Gasteiger partial charge in [0.1, 0.15) is 0 Å². The number of imidazole rings is 1. The molecule has 7 heteroatoms. The third-order valence-corrected chi connectivity index (χ3v) is 3.35. The number of aliphatic hydroxyl groups excluding tert-OH is 1. The van der Waals surface area contributed by atoms with Crippen molar-refractivity contribution in [1.82, 2.24) is 9.38 Å². The van der Waals surface area contributed by atoms with E-state index in [0.717, 1.165) is 0 Å². The maximum absolute atomic E-state index is 10.9. The minimum absolute atomic E-state index is 0. The Bertz CT molecular complexity index is 697. The predicted molar refractivity (Wildman–Crippen MR) is 80.0 cm³/mol. The average molecular weight is 293 g/mol. The Morgan fingerprint density at radius 1 is 1.65 bits per heavy atom. The fraction of sp³-hybridized carbons (Fsp3) is 0.154. The summed E-state index contributed by atoms with van der Waals surface area (Å²) in [6.07, 6.45) is 4.65. The van der Waals surface area contributed by atoms with Crippen molar-refractivity contribution in [2.24, 2.45) is 0 Å². The normalized spacial score (nSPS) is 11.2. The standard InChI is InChI=1S/C12H11N3O3S.CH4/c1-3-4-10(8(2)15(17)18)11-7-19-12-13-9(6-16)5-14(11)12;/h3-5,7,16H,1-2,6H2;1H4/b10-4+;. The van der Waals surface area contributed by atoms with Crippen molar-refractivity contribution < 1.29 is 10.0 Å². The molecule has 2 aromatic heterocycles. The van der Waals surface area contributed by atoms with Gasteiger partial charge in [-0.15, -0.1) is 11.3 Å². The van der Waals surface area contributed by atoms with Gasteiger partial charge in [-0.1, -0.05) is 20.1 Å². The van der Waals surface area contributed by atoms with E-state index in [1.54, 1.807) is 16.0 Å². The Balaban J connectivity index is 0.00000200. The van der Waals surface area contributed by atoms with Crippen molar-refractivity contribution in [2.45, 2.75) is 14.0 Å². The topological polar surface area (TPSA) is 80.7 Å². The molecule has 20 heavy (non-hydrogen) atoms. The van der Waals surface area contributed by atoms with Gasteiger partial charge in [-0.2, -0.15) is 0 Å². The van der Waals surface area contributed by atoms with Crippen LogP contribution in [0, 0.1) is 10.1 Å². The minimum Gasteiger partial charge on any atom is -0.390 e. The summed E-state index contributed by atoms with van der Waals surface area (Å²) in [6.45, 7) is 6.85. The molecule has 2 rings (SSSR count). The van der Waals surface area contributed by atoms with Gasteiger partial charge in [0.2, 0.25) is 0 Å². The second-order valence-corrected chi connectivity index (χ2v) is 4.52. The highest BCUT2D eigenvalue weighted by Crippen LogP contribution is 2.27. The summed E-state index contributed by atoms with van der Waals surface area (Å²) in [4.78, 5) is 15.2. The monoisotopic (exact) mass is 293 g/mol. The summed E-state index contributed by atoms with van der Waals surface area (Å²) >= 11 is 1.34. The molecular formula is C13H15N3O3S. The summed E-state index contributed by atoms with van der Waals surface area (Å²) in [6, 6.07) is 0. The first-order valence-corrected chi connectivity index (χ1v) is 6.19. The van der Waals surface area contributed by atoms with Gasteiger partial charge >= 0.3 is 0 Å². The van der Waals surface area contributed by atoms with Crippen LogP contribution in [-0.2, 0) is 6.61 Å². The van der Waals surface area contributed by atoms with Crippen LogP contribution in [0.2, 0.25) is 0 Å². The van der Waals surface area contributed by atoms with Gasteiger partial charge in [0, 0.05) is 11.6 Å². The van der Waals surface area contributed by atoms with E-state index in [1.165, 1.54) is 23.5 Å². The molecule has 2 aromatic rings. The zero-order valence-electron chi connectivity index (χ0n) is 9.94. The van der Waals surface area contributed by atoms with Crippen LogP contribution in [0.1, 0.15) is 18.8 Å². The first kappa shape index (κ1) is 15.8. The number of rotatable bonds is 5. The van der Waals surface area contributed by atoms with Crippen LogP contribution < -0.4 is 0 Å². The van der Waals surface area contributed by atoms with Gasteiger partial charge in [0.15, 0.2) is 4.96 Å². The lowest BCUT2D eigenvalue weighted by Gasteiger charge is -2.02. The highest BCUT2D eigenvalue weighted by atomic mass is 32.1. The molecule has 0 spiro atoms. The summed E-state index contributed by atoms with van der Waals surface area (Å²) in [5.41, 5.74) is 1.28. The Labute approximate surface area is 120 Å². The van der Waals surface area contributed by atoms with Crippen LogP contribution >= 0.6 is 11.3 Å². The number of nitro groups is 1. The molecule has 0 aliphatic rings. The lowest BCUT2D eigenvalue weighted by Crippen LogP contribution is -2.01. The smallest absolute Gasteiger partial charge is 0.271 e. The molecule has 0 aromatic carbocycles. The van der Waals surface area contributed by atoms with Crippen molar-refractivity contribution in [3.05, 3.63) is 64.1 Å². The number of thiazole rings is 1. The van der Waals surface area contributed by atoms with Crippen LogP contribution in [0.3, 0.4) is 0 Å².